The van der Waals surface area contributed by atoms with Crippen LogP contribution in [-0.4, -0.2) is 12.4 Å². The van der Waals surface area contributed by atoms with Gasteiger partial charge in [0, 0.05) is 21.7 Å². The van der Waals surface area contributed by atoms with E-state index >= 15 is 26.3 Å². The molecule has 121 heavy (non-hydrogen) atoms. The van der Waals surface area contributed by atoms with Gasteiger partial charge >= 0.3 is 12.4 Å². The summed E-state index contributed by atoms with van der Waals surface area (Å²) in [5.74, 6) is 0. The van der Waals surface area contributed by atoms with E-state index in [2.05, 4.69) is 265 Å². The molecule has 0 aromatic heterocycles. The van der Waals surface area contributed by atoms with E-state index in [1.54, 1.807) is 36.4 Å². The number of alkyl halides is 6. The molecule has 14 aromatic carbocycles. The zero-order valence-corrected chi connectivity index (χ0v) is 71.7. The number of hydrogen-bond acceptors (Lipinski definition) is 0. The Morgan fingerprint density at radius 1 is 0.207 bits per heavy atom. The fourth-order valence-corrected chi connectivity index (χ4v) is 22.7. The first-order valence-corrected chi connectivity index (χ1v) is 44.1. The zero-order chi connectivity index (χ0) is 84.2. The maximum Gasteiger partial charge on any atom is 0.411 e. The van der Waals surface area contributed by atoms with Crippen LogP contribution in [0, 0.1) is 27.7 Å². The maximum absolute atomic E-state index is 16.2. The molecule has 14 aromatic rings. The van der Waals surface area contributed by atoms with Crippen molar-refractivity contribution in [2.24, 2.45) is 0 Å². The van der Waals surface area contributed by atoms with Crippen molar-refractivity contribution in [1.29, 1.82) is 0 Å². The van der Waals surface area contributed by atoms with E-state index in [4.69, 9.17) is 0 Å². The van der Waals surface area contributed by atoms with Crippen molar-refractivity contribution >= 4 is 0 Å². The number of hydrogen-bond donors (Lipinski definition) is 0. The number of benzene rings is 14. The molecule has 6 heteroatoms. The number of rotatable bonds is 20. The van der Waals surface area contributed by atoms with Gasteiger partial charge in [-0.05, 0) is 324 Å². The molecule has 0 aliphatic heterocycles. The first-order chi connectivity index (χ1) is 58.2. The second-order valence-electron chi connectivity index (χ2n) is 36.9. The number of unbranched alkanes of at least 4 members (excludes halogenated alkanes) is 4. The SMILES string of the molecule is CCCCC1(CCCC)c2ccccc2-c2ccc(-c3cc(C)c(-c4ccc5c(c4)C(C)(C)c4cc(-c6ccc(-c7ccc8c(c7)C(C(F)(F)F)(C(F)(F)F)c7cc(-c9ccc(-c%10ccc%11c(c%10)C(C)(C)c%10cc(-c%12cc(C)c(-c%13ccc%14c(c%13)C(CCCC)(CCCC)c%13ccccc%13-%14)cc%12C)ccc%10-%11)cc9)ccc7-8)cc6)ccc4-5)cc3C)cc21. The molecule has 606 valence electrons. The van der Waals surface area contributed by atoms with Gasteiger partial charge in [-0.3, -0.25) is 0 Å². The molecule has 0 heterocycles. The Bertz CT molecular complexity index is 6110. The smallest absolute Gasteiger partial charge is 0.169 e. The molecule has 0 bridgehead atoms. The third kappa shape index (κ3) is 12.3. The Hall–Kier alpha value is -11.3. The van der Waals surface area contributed by atoms with E-state index in [1.165, 1.54) is 182 Å². The quantitative estimate of drug-likeness (QED) is 0.0667. The van der Waals surface area contributed by atoms with Crippen LogP contribution in [0.4, 0.5) is 26.3 Å². The average Bonchev–Trinajstić information content (AvgIpc) is 1.48. The van der Waals surface area contributed by atoms with E-state index < -0.39 is 28.9 Å². The molecule has 5 aliphatic carbocycles. The van der Waals surface area contributed by atoms with Gasteiger partial charge in [-0.25, -0.2) is 0 Å². The molecule has 0 saturated heterocycles. The second-order valence-corrected chi connectivity index (χ2v) is 36.9. The summed E-state index contributed by atoms with van der Waals surface area (Å²) in [7, 11) is 0. The van der Waals surface area contributed by atoms with Gasteiger partial charge in [-0.1, -0.05) is 325 Å². The summed E-state index contributed by atoms with van der Waals surface area (Å²) < 4.78 is 97.3. The Morgan fingerprint density at radius 2 is 0.405 bits per heavy atom. The first kappa shape index (κ1) is 79.4. The van der Waals surface area contributed by atoms with Gasteiger partial charge < -0.3 is 0 Å². The van der Waals surface area contributed by atoms with Crippen molar-refractivity contribution in [1.82, 2.24) is 0 Å². The molecule has 0 atom stereocenters. The minimum absolute atomic E-state index is 0.00777. The van der Waals surface area contributed by atoms with E-state index in [-0.39, 0.29) is 43.9 Å². The van der Waals surface area contributed by atoms with Crippen LogP contribution < -0.4 is 0 Å². The molecule has 0 nitrogen and oxygen atoms in total. The summed E-state index contributed by atoms with van der Waals surface area (Å²) >= 11 is 0. The number of aryl methyl sites for hydroxylation is 4. The van der Waals surface area contributed by atoms with Crippen LogP contribution in [0.1, 0.15) is 210 Å². The lowest BCUT2D eigenvalue weighted by molar-refractivity contribution is -0.287. The Morgan fingerprint density at radius 3 is 0.661 bits per heavy atom. The molecule has 5 aliphatic rings. The van der Waals surface area contributed by atoms with Gasteiger partial charge in [-0.15, -0.1) is 0 Å². The van der Waals surface area contributed by atoms with Gasteiger partial charge in [0.05, 0.1) is 0 Å². The molecule has 0 fully saturated rings. The number of fused-ring (bicyclic) bond motifs is 15. The van der Waals surface area contributed by atoms with Crippen LogP contribution in [-0.2, 0) is 27.1 Å². The molecule has 0 radical (unpaired) electrons. The molecular formula is C115H104F6. The highest BCUT2D eigenvalue weighted by molar-refractivity contribution is 5.94. The van der Waals surface area contributed by atoms with Crippen LogP contribution in [0.15, 0.2) is 267 Å². The van der Waals surface area contributed by atoms with Crippen molar-refractivity contribution < 1.29 is 26.3 Å². The highest BCUT2D eigenvalue weighted by Gasteiger charge is 2.75. The minimum atomic E-state index is -5.75. The largest absolute Gasteiger partial charge is 0.411 e. The first-order valence-electron chi connectivity index (χ1n) is 44.1. The van der Waals surface area contributed by atoms with Crippen LogP contribution in [0.3, 0.4) is 0 Å². The summed E-state index contributed by atoms with van der Waals surface area (Å²) in [5.41, 5.74) is 34.1. The van der Waals surface area contributed by atoms with Gasteiger partial charge in [0.2, 0.25) is 5.41 Å². The van der Waals surface area contributed by atoms with Gasteiger partial charge in [-0.2, -0.15) is 26.3 Å². The molecular weight excluding hydrogens is 1500 g/mol. The van der Waals surface area contributed by atoms with E-state index in [0.29, 0.717) is 11.1 Å². The monoisotopic (exact) mass is 1600 g/mol. The van der Waals surface area contributed by atoms with Gasteiger partial charge in [0.1, 0.15) is 0 Å². The van der Waals surface area contributed by atoms with E-state index in [9.17, 15) is 0 Å². The molecule has 0 N–H and O–H groups in total. The molecule has 0 saturated carbocycles. The average molecular weight is 1600 g/mol. The van der Waals surface area contributed by atoms with E-state index in [1.807, 2.05) is 24.3 Å². The van der Waals surface area contributed by atoms with Crippen molar-refractivity contribution in [3.05, 3.63) is 345 Å². The maximum atomic E-state index is 16.2. The Kier molecular flexibility index (Phi) is 19.4. The lowest BCUT2D eigenvalue weighted by atomic mass is 9.70. The van der Waals surface area contributed by atoms with E-state index in [0.717, 1.165) is 96.9 Å². The molecule has 0 spiro atoms. The Balaban J connectivity index is 0.558. The number of halogens is 6. The van der Waals surface area contributed by atoms with Crippen molar-refractivity contribution in [3.63, 3.8) is 0 Å². The lowest BCUT2D eigenvalue weighted by Gasteiger charge is -2.36. The Labute approximate surface area is 710 Å². The molecule has 0 amide bonds. The van der Waals surface area contributed by atoms with Gasteiger partial charge in [0.25, 0.3) is 0 Å². The van der Waals surface area contributed by atoms with Crippen molar-refractivity contribution in [3.8, 4) is 145 Å². The summed E-state index contributed by atoms with van der Waals surface area (Å²) in [6, 6.07) is 92.3. The predicted octanol–water partition coefficient (Wildman–Crippen LogP) is 33.6. The highest BCUT2D eigenvalue weighted by Crippen LogP contribution is 2.66. The topological polar surface area (TPSA) is 0 Å². The van der Waals surface area contributed by atoms with Gasteiger partial charge in [0.15, 0.2) is 0 Å². The summed E-state index contributed by atoms with van der Waals surface area (Å²) in [6.07, 6.45) is 2.50. The summed E-state index contributed by atoms with van der Waals surface area (Å²) in [4.78, 5) is 0. The third-order valence-electron chi connectivity index (χ3n) is 29.2. The summed E-state index contributed by atoms with van der Waals surface area (Å²) in [6.45, 7) is 27.3. The van der Waals surface area contributed by atoms with Crippen molar-refractivity contribution in [2.75, 3.05) is 0 Å². The molecule has 19 rings (SSSR count). The van der Waals surface area contributed by atoms with Crippen LogP contribution in [0.2, 0.25) is 0 Å². The summed E-state index contributed by atoms with van der Waals surface area (Å²) in [5, 5.41) is 0. The van der Waals surface area contributed by atoms with Crippen LogP contribution in [0.25, 0.3) is 145 Å². The highest BCUT2D eigenvalue weighted by atomic mass is 19.4. The predicted molar refractivity (Wildman–Crippen MR) is 493 cm³/mol. The standard InChI is InChI=1S/C115H104F6/c1-13-17-53-111(54-18-14-2)99-27-23-21-25-85(99)91-51-43-83(67-105(91)111)97-59-69(5)95(57-71(97)7)81-41-49-89-87-45-37-77(61-101(87)109(9,10)103(89)65-81)73-29-33-75(34-30-73)79-39-47-93-94-48-40-80(64-108(94)113(107(93)63-79,114(116,117)118)115(119,120)121)76-35-31-74(32-36-76)78-38-46-88-90-50-42-82(66-104(90)110(11,12)102(88)62-78)96-58-72(8)98(60-70(96)6)84-44-52-92-86-26-22-24-28-100(86)112(55-19-15-3,56-20-16-4)106(92)68-84/h21-52,57-68H,13-20,53-56H2,1-12H3. The minimum Gasteiger partial charge on any atom is -0.169 e. The lowest BCUT2D eigenvalue weighted by Crippen LogP contribution is -2.53. The van der Waals surface area contributed by atoms with Crippen LogP contribution >= 0.6 is 0 Å². The third-order valence-corrected chi connectivity index (χ3v) is 29.2. The fourth-order valence-electron chi connectivity index (χ4n) is 22.7. The fraction of sp³-hybridized carbons (Fsp3) is 0.270. The van der Waals surface area contributed by atoms with Crippen LogP contribution in [0.5, 0.6) is 0 Å². The molecule has 0 unspecified atom stereocenters. The van der Waals surface area contributed by atoms with Crippen molar-refractivity contribution in [2.45, 2.75) is 200 Å². The normalized spacial score (nSPS) is 15.3. The second kappa shape index (κ2) is 29.5. The zero-order valence-electron chi connectivity index (χ0n) is 71.7.